The predicted octanol–water partition coefficient (Wildman–Crippen LogP) is 6.46. The molecule has 6 unspecified atom stereocenters. The van der Waals surface area contributed by atoms with Crippen LogP contribution >= 0.6 is 0 Å². The molecule has 2 amide bonds. The van der Waals surface area contributed by atoms with E-state index in [0.717, 1.165) is 48.9 Å². The Labute approximate surface area is 315 Å². The third kappa shape index (κ3) is 4.27. The maximum absolute atomic E-state index is 15.2. The Bertz CT molecular complexity index is 2000. The normalized spacial score (nSPS) is 31.4. The average Bonchev–Trinajstić information content (AvgIpc) is 3.96. The number of fused-ring (bicyclic) bond motifs is 10. The first-order chi connectivity index (χ1) is 25.3. The van der Waals surface area contributed by atoms with Crippen LogP contribution in [0.4, 0.5) is 26.7 Å². The summed E-state index contributed by atoms with van der Waals surface area (Å²) in [7, 11) is 8.79. The Balaban J connectivity index is 1.33. The Morgan fingerprint density at radius 1 is 0.679 bits per heavy atom. The summed E-state index contributed by atoms with van der Waals surface area (Å²) >= 11 is 0. The third-order valence-corrected chi connectivity index (χ3v) is 15.8. The number of likely N-dealkylation sites (tertiary alicyclic amines) is 3. The van der Waals surface area contributed by atoms with Gasteiger partial charge in [0.2, 0.25) is 0 Å². The van der Waals surface area contributed by atoms with E-state index in [0.29, 0.717) is 19.6 Å². The number of amides is 2. The molecule has 0 aromatic heterocycles. The van der Waals surface area contributed by atoms with Gasteiger partial charge in [-0.3, -0.25) is 19.6 Å². The first-order valence-electron chi connectivity index (χ1n) is 19.3. The lowest BCUT2D eigenvalue weighted by Crippen LogP contribution is -2.63. The Kier molecular flexibility index (Phi) is 7.67. The van der Waals surface area contributed by atoms with Gasteiger partial charge in [0.15, 0.2) is 0 Å². The van der Waals surface area contributed by atoms with Gasteiger partial charge in [-0.2, -0.15) is 0 Å². The highest BCUT2D eigenvalue weighted by atomic mass is 28.3. The number of carbonyl (C=O) groups is 2. The fourth-order valence-electron chi connectivity index (χ4n) is 12.2. The van der Waals surface area contributed by atoms with Gasteiger partial charge in [-0.05, 0) is 73.8 Å². The van der Waals surface area contributed by atoms with Crippen molar-refractivity contribution in [3.63, 3.8) is 0 Å². The van der Waals surface area contributed by atoms with E-state index in [1.165, 1.54) is 29.5 Å². The second kappa shape index (κ2) is 11.7. The fraction of sp³-hybridized carbons (Fsp3) is 0.524. The smallest absolute Gasteiger partial charge is 0.415 e. The zero-order chi connectivity index (χ0) is 37.2. The van der Waals surface area contributed by atoms with E-state index in [9.17, 15) is 4.79 Å². The number of rotatable bonds is 5. The quantitative estimate of drug-likeness (QED) is 0.277. The zero-order valence-electron chi connectivity index (χ0n) is 32.6. The monoisotopic (exact) mass is 734 g/mol. The van der Waals surface area contributed by atoms with E-state index in [1.54, 1.807) is 0 Å². The number of hydrogen-bond acceptors (Lipinski definition) is 8. The average molecular weight is 735 g/mol. The van der Waals surface area contributed by atoms with E-state index >= 15 is 4.79 Å². The lowest BCUT2D eigenvalue weighted by Gasteiger charge is -2.50. The largest absolute Gasteiger partial charge is 0.453 e. The molecule has 0 N–H and O–H groups in total. The molecule has 3 aromatic carbocycles. The summed E-state index contributed by atoms with van der Waals surface area (Å²) in [6, 6.07) is 25.2. The molecule has 0 saturated carbocycles. The van der Waals surface area contributed by atoms with Crippen LogP contribution in [0.3, 0.4) is 0 Å². The van der Waals surface area contributed by atoms with Crippen LogP contribution in [0.5, 0.6) is 0 Å². The molecule has 280 valence electrons. The molecule has 6 aliphatic rings. The molecular weight excluding hydrogens is 681 g/mol. The van der Waals surface area contributed by atoms with Gasteiger partial charge in [-0.1, -0.05) is 74.2 Å². The summed E-state index contributed by atoms with van der Waals surface area (Å²) in [5, 5.41) is 0. The number of hydrogen-bond donors (Lipinski definition) is 0. The third-order valence-electron chi connectivity index (χ3n) is 14.1. The van der Waals surface area contributed by atoms with Crippen LogP contribution in [0.2, 0.25) is 25.7 Å². The fourth-order valence-corrected chi connectivity index (χ4v) is 12.9. The molecular formula is C42H54N6O4Si. The van der Waals surface area contributed by atoms with Gasteiger partial charge in [-0.25, -0.2) is 9.59 Å². The Hall–Kier alpha value is -4.06. The van der Waals surface area contributed by atoms with E-state index in [-0.39, 0.29) is 36.1 Å². The molecule has 9 rings (SSSR count). The number of benzene rings is 3. The minimum Gasteiger partial charge on any atom is -0.453 e. The summed E-state index contributed by atoms with van der Waals surface area (Å²) in [5.74, 6) is 0. The Morgan fingerprint density at radius 2 is 1.25 bits per heavy atom. The van der Waals surface area contributed by atoms with Crippen LogP contribution in [-0.2, 0) is 25.7 Å². The molecule has 0 bridgehead atoms. The van der Waals surface area contributed by atoms with Crippen LogP contribution in [0.25, 0.3) is 0 Å². The van der Waals surface area contributed by atoms with Crippen molar-refractivity contribution in [2.45, 2.75) is 79.7 Å². The molecule has 0 aliphatic carbocycles. The Morgan fingerprint density at radius 3 is 1.92 bits per heavy atom. The summed E-state index contributed by atoms with van der Waals surface area (Å²) in [6.07, 6.45) is 1.55. The van der Waals surface area contributed by atoms with Gasteiger partial charge in [0.05, 0.1) is 31.0 Å². The van der Waals surface area contributed by atoms with Crippen molar-refractivity contribution in [1.82, 2.24) is 14.7 Å². The van der Waals surface area contributed by atoms with Gasteiger partial charge in [0.25, 0.3) is 0 Å². The minimum atomic E-state index is -1.48. The molecule has 11 heteroatoms. The van der Waals surface area contributed by atoms with Crippen molar-refractivity contribution >= 4 is 37.3 Å². The van der Waals surface area contributed by atoms with Gasteiger partial charge < -0.3 is 19.3 Å². The molecule has 10 nitrogen and oxygen atoms in total. The highest BCUT2D eigenvalue weighted by Crippen LogP contribution is 2.70. The molecule has 3 aromatic rings. The number of para-hydroxylation sites is 3. The topological polar surface area (TPSA) is 72.0 Å². The lowest BCUT2D eigenvalue weighted by atomic mass is 9.54. The van der Waals surface area contributed by atoms with Crippen molar-refractivity contribution in [2.75, 3.05) is 76.2 Å². The maximum atomic E-state index is 15.2. The first-order valence-corrected chi connectivity index (χ1v) is 23.1. The number of likely N-dealkylation sites (N-methyl/N-ethyl adjacent to an activating group) is 4. The SMILES string of the molecule is COC(=O)N1CCC2(c3cccc4c3N(C(=O)OCC[Si](C)(C)C)C3N(C)CCC43C34CCN(C)C3N(C)c3ccccc34)c3ccccc3N(C)C12. The maximum Gasteiger partial charge on any atom is 0.415 e. The van der Waals surface area contributed by atoms with Crippen molar-refractivity contribution in [1.29, 1.82) is 0 Å². The van der Waals surface area contributed by atoms with Crippen LogP contribution in [0.15, 0.2) is 66.7 Å². The minimum absolute atomic E-state index is 0.124. The van der Waals surface area contributed by atoms with Crippen molar-refractivity contribution in [2.24, 2.45) is 0 Å². The van der Waals surface area contributed by atoms with Crippen molar-refractivity contribution in [3.05, 3.63) is 89.0 Å². The number of ether oxygens (including phenoxy) is 2. The van der Waals surface area contributed by atoms with E-state index in [4.69, 9.17) is 9.47 Å². The van der Waals surface area contributed by atoms with Crippen LogP contribution in [0, 0.1) is 0 Å². The summed E-state index contributed by atoms with van der Waals surface area (Å²) in [5.41, 5.74) is 6.89. The predicted molar refractivity (Wildman–Crippen MR) is 212 cm³/mol. The second-order valence-electron chi connectivity index (χ2n) is 17.7. The number of anilines is 3. The second-order valence-corrected chi connectivity index (χ2v) is 23.3. The van der Waals surface area contributed by atoms with Crippen LogP contribution in [-0.4, -0.2) is 115 Å². The lowest BCUT2D eigenvalue weighted by molar-refractivity contribution is 0.111. The van der Waals surface area contributed by atoms with Crippen LogP contribution < -0.4 is 14.7 Å². The zero-order valence-corrected chi connectivity index (χ0v) is 33.6. The highest BCUT2D eigenvalue weighted by Gasteiger charge is 2.75. The van der Waals surface area contributed by atoms with Crippen molar-refractivity contribution in [3.8, 4) is 0 Å². The number of carbonyl (C=O) groups excluding carboxylic acids is 2. The molecule has 3 saturated heterocycles. The van der Waals surface area contributed by atoms with Gasteiger partial charge in [-0.15, -0.1) is 0 Å². The summed E-state index contributed by atoms with van der Waals surface area (Å²) in [4.78, 5) is 42.4. The molecule has 6 aliphatic heterocycles. The summed E-state index contributed by atoms with van der Waals surface area (Å²) in [6.45, 7) is 9.76. The van der Waals surface area contributed by atoms with E-state index in [1.807, 2.05) is 4.90 Å². The molecule has 3 fully saturated rings. The molecule has 6 heterocycles. The molecule has 0 spiro atoms. The van der Waals surface area contributed by atoms with Crippen LogP contribution in [0.1, 0.15) is 41.5 Å². The molecule has 0 radical (unpaired) electrons. The number of methoxy groups -OCH3 is 1. The van der Waals surface area contributed by atoms with Gasteiger partial charge in [0.1, 0.15) is 12.3 Å². The summed E-state index contributed by atoms with van der Waals surface area (Å²) < 4.78 is 11.8. The van der Waals surface area contributed by atoms with Crippen molar-refractivity contribution < 1.29 is 19.1 Å². The van der Waals surface area contributed by atoms with Gasteiger partial charge in [0, 0.05) is 64.0 Å². The molecule has 53 heavy (non-hydrogen) atoms. The van der Waals surface area contributed by atoms with E-state index in [2.05, 4.69) is 139 Å². The highest BCUT2D eigenvalue weighted by molar-refractivity contribution is 6.76. The number of nitrogens with zero attached hydrogens (tertiary/aromatic N) is 6. The van der Waals surface area contributed by atoms with Gasteiger partial charge >= 0.3 is 12.2 Å². The standard InChI is InChI=1S/C42H54N6O4Si/c1-43-23-21-41(29-15-10-12-19-33(29)46(4)36(41)43)42-22-24-44(2)37(42)48(39(50)52-26-27-53(6,7)8)34-30(16-13-17-31(34)42)40-20-25-47(38(49)51-5)35(40)45(3)32-18-11-9-14-28(32)40/h9-19,35-37H,20-27H2,1-8H3. The molecule has 6 atom stereocenters. The van der Waals surface area contributed by atoms with E-state index < -0.39 is 18.9 Å². The first kappa shape index (κ1) is 34.7.